The zero-order valence-corrected chi connectivity index (χ0v) is 16.7. The molecule has 2 heteroatoms. The second-order valence-electron chi connectivity index (χ2n) is 8.08. The maximum Gasteiger partial charge on any atom is 0.0780 e. The number of aryl methyl sites for hydroxylation is 1. The summed E-state index contributed by atoms with van der Waals surface area (Å²) in [7, 11) is 0. The summed E-state index contributed by atoms with van der Waals surface area (Å²) < 4.78 is 0. The Labute approximate surface area is 175 Å². The highest BCUT2D eigenvalue weighted by atomic mass is 14.7. The first-order valence-electron chi connectivity index (χ1n) is 10.6. The van der Waals surface area contributed by atoms with Crippen molar-refractivity contribution >= 4 is 27.8 Å². The number of H-pyrrole nitrogens is 1. The van der Waals surface area contributed by atoms with Crippen molar-refractivity contribution in [3.05, 3.63) is 96.3 Å². The number of pyridine rings is 1. The summed E-state index contributed by atoms with van der Waals surface area (Å²) in [4.78, 5) is 8.03. The molecule has 2 heterocycles. The predicted molar refractivity (Wildman–Crippen MR) is 126 cm³/mol. The number of benzene rings is 3. The van der Waals surface area contributed by atoms with Crippen LogP contribution in [0.25, 0.3) is 50.1 Å². The van der Waals surface area contributed by atoms with Crippen molar-refractivity contribution in [3.8, 4) is 22.4 Å². The molecule has 144 valence electrons. The molecule has 1 aliphatic carbocycles. The molecule has 0 spiro atoms. The van der Waals surface area contributed by atoms with Gasteiger partial charge in [-0.25, -0.2) is 0 Å². The Hall–Kier alpha value is -3.65. The molecule has 0 unspecified atom stereocenters. The fraction of sp³-hybridized carbons (Fsp3) is 0.107. The van der Waals surface area contributed by atoms with Crippen LogP contribution in [0.5, 0.6) is 0 Å². The average molecular weight is 386 g/mol. The fourth-order valence-corrected chi connectivity index (χ4v) is 4.56. The molecule has 0 atom stereocenters. The van der Waals surface area contributed by atoms with Crippen LogP contribution in [0.1, 0.15) is 24.0 Å². The summed E-state index contributed by atoms with van der Waals surface area (Å²) in [5.74, 6) is 0. The largest absolute Gasteiger partial charge is 0.361 e. The quantitative estimate of drug-likeness (QED) is 0.336. The van der Waals surface area contributed by atoms with E-state index in [0.29, 0.717) is 0 Å². The van der Waals surface area contributed by atoms with E-state index >= 15 is 0 Å². The highest BCUT2D eigenvalue weighted by Gasteiger charge is 2.10. The fourth-order valence-electron chi connectivity index (χ4n) is 4.56. The van der Waals surface area contributed by atoms with E-state index in [0.717, 1.165) is 23.2 Å². The van der Waals surface area contributed by atoms with Crippen LogP contribution >= 0.6 is 0 Å². The second-order valence-corrected chi connectivity index (χ2v) is 8.08. The molecule has 30 heavy (non-hydrogen) atoms. The molecule has 0 saturated heterocycles. The number of aromatic nitrogens is 2. The van der Waals surface area contributed by atoms with E-state index in [2.05, 4.69) is 83.9 Å². The maximum atomic E-state index is 4.76. The van der Waals surface area contributed by atoms with E-state index in [-0.39, 0.29) is 0 Å². The third kappa shape index (κ3) is 2.93. The third-order valence-corrected chi connectivity index (χ3v) is 6.19. The molecule has 1 aliphatic rings. The summed E-state index contributed by atoms with van der Waals surface area (Å²) in [5, 5.41) is 3.61. The zero-order chi connectivity index (χ0) is 19.9. The number of hydrogen-bond acceptors (Lipinski definition) is 1. The van der Waals surface area contributed by atoms with Crippen LogP contribution < -0.4 is 0 Å². The number of hydrogen-bond donors (Lipinski definition) is 1. The zero-order valence-electron chi connectivity index (χ0n) is 16.7. The lowest BCUT2D eigenvalue weighted by molar-refractivity contribution is 0.852. The van der Waals surface area contributed by atoms with Gasteiger partial charge in [0.2, 0.25) is 0 Å². The number of rotatable bonds is 2. The molecule has 0 aliphatic heterocycles. The number of nitrogens with zero attached hydrogens (tertiary/aromatic N) is 1. The molecule has 0 fully saturated rings. The van der Waals surface area contributed by atoms with E-state index < -0.39 is 0 Å². The van der Waals surface area contributed by atoms with Crippen LogP contribution in [0.2, 0.25) is 0 Å². The first-order chi connectivity index (χ1) is 14.8. The van der Waals surface area contributed by atoms with Gasteiger partial charge in [0.25, 0.3) is 0 Å². The molecule has 2 nitrogen and oxygen atoms in total. The van der Waals surface area contributed by atoms with Gasteiger partial charge in [-0.05, 0) is 83.3 Å². The Morgan fingerprint density at radius 3 is 2.67 bits per heavy atom. The minimum atomic E-state index is 1.03. The summed E-state index contributed by atoms with van der Waals surface area (Å²) in [6.07, 6.45) is 12.0. The first kappa shape index (κ1) is 17.2. The van der Waals surface area contributed by atoms with Crippen LogP contribution in [0.4, 0.5) is 0 Å². The minimum Gasteiger partial charge on any atom is -0.361 e. The second kappa shape index (κ2) is 7.00. The van der Waals surface area contributed by atoms with Crippen molar-refractivity contribution in [2.75, 3.05) is 0 Å². The number of aromatic amines is 1. The van der Waals surface area contributed by atoms with Gasteiger partial charge in [-0.3, -0.25) is 4.98 Å². The number of fused-ring (bicyclic) bond motifs is 3. The summed E-state index contributed by atoms with van der Waals surface area (Å²) >= 11 is 0. The van der Waals surface area contributed by atoms with Crippen LogP contribution in [0.3, 0.4) is 0 Å². The highest BCUT2D eigenvalue weighted by molar-refractivity contribution is 5.98. The van der Waals surface area contributed by atoms with Gasteiger partial charge in [-0.1, -0.05) is 42.5 Å². The van der Waals surface area contributed by atoms with Gasteiger partial charge in [0.1, 0.15) is 0 Å². The van der Waals surface area contributed by atoms with Crippen molar-refractivity contribution in [1.82, 2.24) is 9.97 Å². The van der Waals surface area contributed by atoms with Gasteiger partial charge in [0, 0.05) is 34.2 Å². The SMILES string of the molecule is C1=Cc2cc(-c3ccc4ccnc(-c5ccc6[nH]ccc6c5)c4c3)ccc2CCC1. The molecule has 0 radical (unpaired) electrons. The van der Waals surface area contributed by atoms with E-state index in [1.54, 1.807) is 0 Å². The summed E-state index contributed by atoms with van der Waals surface area (Å²) in [6, 6.07) is 24.3. The Bertz CT molecular complexity index is 1420. The van der Waals surface area contributed by atoms with Crippen molar-refractivity contribution in [3.63, 3.8) is 0 Å². The third-order valence-electron chi connectivity index (χ3n) is 6.19. The molecule has 0 amide bonds. The maximum absolute atomic E-state index is 4.76. The molecule has 1 N–H and O–H groups in total. The number of allylic oxidation sites excluding steroid dienone is 1. The predicted octanol–water partition coefficient (Wildman–Crippen LogP) is 7.40. The molecular formula is C28H22N2. The smallest absolute Gasteiger partial charge is 0.0780 e. The van der Waals surface area contributed by atoms with E-state index in [4.69, 9.17) is 4.98 Å². The number of nitrogens with one attached hydrogen (secondary N) is 1. The normalized spacial score (nSPS) is 13.5. The Morgan fingerprint density at radius 2 is 1.67 bits per heavy atom. The van der Waals surface area contributed by atoms with Crippen molar-refractivity contribution in [2.24, 2.45) is 0 Å². The Morgan fingerprint density at radius 1 is 0.767 bits per heavy atom. The molecule has 2 aromatic heterocycles. The van der Waals surface area contributed by atoms with Crippen molar-refractivity contribution in [1.29, 1.82) is 0 Å². The van der Waals surface area contributed by atoms with E-state index in [1.165, 1.54) is 51.3 Å². The van der Waals surface area contributed by atoms with Crippen molar-refractivity contribution < 1.29 is 0 Å². The van der Waals surface area contributed by atoms with Gasteiger partial charge in [0.15, 0.2) is 0 Å². The molecule has 0 bridgehead atoms. The van der Waals surface area contributed by atoms with E-state index in [1.807, 2.05) is 12.4 Å². The minimum absolute atomic E-state index is 1.03. The molecule has 0 saturated carbocycles. The van der Waals surface area contributed by atoms with Crippen LogP contribution in [0.15, 0.2) is 85.2 Å². The van der Waals surface area contributed by atoms with Gasteiger partial charge in [-0.15, -0.1) is 0 Å². The Kier molecular flexibility index (Phi) is 4.02. The van der Waals surface area contributed by atoms with Gasteiger partial charge in [0.05, 0.1) is 5.69 Å². The summed E-state index contributed by atoms with van der Waals surface area (Å²) in [6.45, 7) is 0. The van der Waals surface area contributed by atoms with E-state index in [9.17, 15) is 0 Å². The van der Waals surface area contributed by atoms with Crippen LogP contribution in [-0.2, 0) is 6.42 Å². The lowest BCUT2D eigenvalue weighted by Gasteiger charge is -2.11. The molecule has 3 aromatic carbocycles. The van der Waals surface area contributed by atoms with Gasteiger partial charge < -0.3 is 4.98 Å². The monoisotopic (exact) mass is 386 g/mol. The molecule has 6 rings (SSSR count). The lowest BCUT2D eigenvalue weighted by atomic mass is 9.95. The average Bonchev–Trinajstić information content (AvgIpc) is 3.14. The van der Waals surface area contributed by atoms with Crippen LogP contribution in [-0.4, -0.2) is 9.97 Å². The van der Waals surface area contributed by atoms with Crippen molar-refractivity contribution in [2.45, 2.75) is 19.3 Å². The Balaban J connectivity index is 1.51. The highest BCUT2D eigenvalue weighted by Crippen LogP contribution is 2.33. The standard InChI is InChI=1S/C28H22N2/c1-2-4-19-6-8-22(16-21(19)5-3-1)23-9-7-20-12-15-30-28(26(20)18-23)25-10-11-27-24(17-25)13-14-29-27/h3,5-18,29H,1-2,4H2. The lowest BCUT2D eigenvalue weighted by Crippen LogP contribution is -1.90. The van der Waals surface area contributed by atoms with Gasteiger partial charge >= 0.3 is 0 Å². The first-order valence-corrected chi connectivity index (χ1v) is 10.6. The molecule has 5 aromatic rings. The van der Waals surface area contributed by atoms with Crippen LogP contribution in [0, 0.1) is 0 Å². The summed E-state index contributed by atoms with van der Waals surface area (Å²) in [5.41, 5.74) is 8.64. The topological polar surface area (TPSA) is 28.7 Å². The molecular weight excluding hydrogens is 364 g/mol. The van der Waals surface area contributed by atoms with Gasteiger partial charge in [-0.2, -0.15) is 0 Å².